The van der Waals surface area contributed by atoms with Gasteiger partial charge in [-0.1, -0.05) is 6.92 Å². The summed E-state index contributed by atoms with van der Waals surface area (Å²) >= 11 is 1.50. The maximum Gasteiger partial charge on any atom is 0.145 e. The van der Waals surface area contributed by atoms with Crippen LogP contribution in [0.3, 0.4) is 0 Å². The molecule has 0 spiro atoms. The minimum Gasteiger partial charge on any atom is -0.257 e. The van der Waals surface area contributed by atoms with E-state index in [0.29, 0.717) is 12.1 Å². The SMILES string of the molecule is CCc1ncc(SC)cc1F. The Labute approximate surface area is 70.0 Å². The van der Waals surface area contributed by atoms with Crippen molar-refractivity contribution < 1.29 is 4.39 Å². The number of aryl methyl sites for hydroxylation is 1. The number of aromatic nitrogens is 1. The summed E-state index contributed by atoms with van der Waals surface area (Å²) in [7, 11) is 0. The van der Waals surface area contributed by atoms with Crippen LogP contribution in [0.1, 0.15) is 12.6 Å². The fraction of sp³-hybridized carbons (Fsp3) is 0.375. The van der Waals surface area contributed by atoms with Crippen LogP contribution in [0, 0.1) is 5.82 Å². The van der Waals surface area contributed by atoms with Crippen molar-refractivity contribution in [3.05, 3.63) is 23.8 Å². The van der Waals surface area contributed by atoms with Gasteiger partial charge < -0.3 is 0 Å². The molecule has 0 radical (unpaired) electrons. The Morgan fingerprint density at radius 3 is 2.82 bits per heavy atom. The Bertz CT molecular complexity index is 250. The molecule has 0 fully saturated rings. The smallest absolute Gasteiger partial charge is 0.145 e. The third-order valence-corrected chi connectivity index (χ3v) is 2.16. The van der Waals surface area contributed by atoms with E-state index in [9.17, 15) is 4.39 Å². The highest BCUT2D eigenvalue weighted by molar-refractivity contribution is 7.98. The predicted molar refractivity (Wildman–Crippen MR) is 45.4 cm³/mol. The molecule has 1 rings (SSSR count). The fourth-order valence-electron chi connectivity index (χ4n) is 0.820. The normalized spacial score (nSPS) is 10.1. The molecule has 0 aliphatic carbocycles. The topological polar surface area (TPSA) is 12.9 Å². The molecule has 1 heterocycles. The van der Waals surface area contributed by atoms with Crippen LogP contribution in [0.25, 0.3) is 0 Å². The Hall–Kier alpha value is -0.570. The Morgan fingerprint density at radius 1 is 1.64 bits per heavy atom. The highest BCUT2D eigenvalue weighted by Crippen LogP contribution is 2.15. The second-order valence-corrected chi connectivity index (χ2v) is 3.04. The van der Waals surface area contributed by atoms with Gasteiger partial charge in [0.1, 0.15) is 5.82 Å². The van der Waals surface area contributed by atoms with Gasteiger partial charge in [0.15, 0.2) is 0 Å². The first-order valence-corrected chi connectivity index (χ1v) is 4.68. The quantitative estimate of drug-likeness (QED) is 0.634. The van der Waals surface area contributed by atoms with Gasteiger partial charge in [0, 0.05) is 11.1 Å². The first kappa shape index (κ1) is 8.53. The summed E-state index contributed by atoms with van der Waals surface area (Å²) in [5.74, 6) is -0.195. The van der Waals surface area contributed by atoms with Gasteiger partial charge in [0.2, 0.25) is 0 Å². The molecule has 1 nitrogen and oxygen atoms in total. The maximum atomic E-state index is 13.0. The van der Waals surface area contributed by atoms with E-state index in [1.54, 1.807) is 6.20 Å². The minimum atomic E-state index is -0.195. The molecule has 0 atom stereocenters. The zero-order chi connectivity index (χ0) is 8.27. The lowest BCUT2D eigenvalue weighted by Crippen LogP contribution is -1.92. The number of nitrogens with zero attached hydrogens (tertiary/aromatic N) is 1. The average Bonchev–Trinajstić information content (AvgIpc) is 2.04. The lowest BCUT2D eigenvalue weighted by Gasteiger charge is -1.99. The Kier molecular flexibility index (Phi) is 2.88. The number of hydrogen-bond donors (Lipinski definition) is 0. The standard InChI is InChI=1S/C8H10FNS/c1-3-8-7(9)4-6(11-2)5-10-8/h4-5H,3H2,1-2H3. The van der Waals surface area contributed by atoms with Crippen molar-refractivity contribution in [2.24, 2.45) is 0 Å². The summed E-state index contributed by atoms with van der Waals surface area (Å²) in [5, 5.41) is 0. The molecule has 0 bridgehead atoms. The van der Waals surface area contributed by atoms with Gasteiger partial charge in [0.25, 0.3) is 0 Å². The molecule has 1 aromatic heterocycles. The van der Waals surface area contributed by atoms with E-state index in [0.717, 1.165) is 4.90 Å². The largest absolute Gasteiger partial charge is 0.257 e. The van der Waals surface area contributed by atoms with Crippen molar-refractivity contribution in [1.29, 1.82) is 0 Å². The number of thioether (sulfide) groups is 1. The summed E-state index contributed by atoms with van der Waals surface area (Å²) < 4.78 is 13.0. The molecular formula is C8H10FNS. The number of halogens is 1. The zero-order valence-electron chi connectivity index (χ0n) is 6.60. The lowest BCUT2D eigenvalue weighted by molar-refractivity contribution is 0.597. The van der Waals surface area contributed by atoms with Crippen LogP contribution in [0.5, 0.6) is 0 Å². The molecule has 3 heteroatoms. The van der Waals surface area contributed by atoms with Gasteiger partial charge in [-0.05, 0) is 18.7 Å². The first-order chi connectivity index (χ1) is 5.27. The number of pyridine rings is 1. The van der Waals surface area contributed by atoms with Crippen molar-refractivity contribution >= 4 is 11.8 Å². The Balaban J connectivity index is 2.99. The predicted octanol–water partition coefficient (Wildman–Crippen LogP) is 2.51. The molecular weight excluding hydrogens is 161 g/mol. The molecule has 0 N–H and O–H groups in total. The van der Waals surface area contributed by atoms with E-state index in [1.165, 1.54) is 17.8 Å². The van der Waals surface area contributed by atoms with Crippen LogP contribution in [0.15, 0.2) is 17.2 Å². The van der Waals surface area contributed by atoms with Crippen molar-refractivity contribution in [2.45, 2.75) is 18.2 Å². The zero-order valence-corrected chi connectivity index (χ0v) is 7.41. The first-order valence-electron chi connectivity index (χ1n) is 3.46. The van der Waals surface area contributed by atoms with Gasteiger partial charge >= 0.3 is 0 Å². The molecule has 11 heavy (non-hydrogen) atoms. The van der Waals surface area contributed by atoms with E-state index in [4.69, 9.17) is 0 Å². The van der Waals surface area contributed by atoms with Crippen LogP contribution < -0.4 is 0 Å². The molecule has 0 unspecified atom stereocenters. The molecule has 0 aliphatic rings. The summed E-state index contributed by atoms with van der Waals surface area (Å²) in [6.07, 6.45) is 4.26. The monoisotopic (exact) mass is 171 g/mol. The van der Waals surface area contributed by atoms with E-state index in [1.807, 2.05) is 13.2 Å². The van der Waals surface area contributed by atoms with E-state index < -0.39 is 0 Å². The van der Waals surface area contributed by atoms with Crippen LogP contribution in [-0.4, -0.2) is 11.2 Å². The van der Waals surface area contributed by atoms with Crippen molar-refractivity contribution in [3.8, 4) is 0 Å². The van der Waals surface area contributed by atoms with Gasteiger partial charge in [-0.2, -0.15) is 0 Å². The molecule has 1 aromatic rings. The van der Waals surface area contributed by atoms with Crippen molar-refractivity contribution in [1.82, 2.24) is 4.98 Å². The van der Waals surface area contributed by atoms with E-state index >= 15 is 0 Å². The lowest BCUT2D eigenvalue weighted by atomic mass is 10.3. The van der Waals surface area contributed by atoms with Crippen LogP contribution >= 0.6 is 11.8 Å². The third kappa shape index (κ3) is 1.93. The highest BCUT2D eigenvalue weighted by atomic mass is 32.2. The van der Waals surface area contributed by atoms with Gasteiger partial charge in [-0.25, -0.2) is 4.39 Å². The van der Waals surface area contributed by atoms with E-state index in [-0.39, 0.29) is 5.82 Å². The Morgan fingerprint density at radius 2 is 2.36 bits per heavy atom. The summed E-state index contributed by atoms with van der Waals surface area (Å²) in [4.78, 5) is 4.85. The van der Waals surface area contributed by atoms with Crippen LogP contribution in [0.2, 0.25) is 0 Å². The second kappa shape index (κ2) is 3.72. The van der Waals surface area contributed by atoms with Crippen LogP contribution in [-0.2, 0) is 6.42 Å². The number of rotatable bonds is 2. The fourth-order valence-corrected chi connectivity index (χ4v) is 1.20. The van der Waals surface area contributed by atoms with Gasteiger partial charge in [0.05, 0.1) is 5.69 Å². The molecule has 0 aromatic carbocycles. The molecule has 60 valence electrons. The molecule has 0 saturated heterocycles. The summed E-state index contributed by atoms with van der Waals surface area (Å²) in [6.45, 7) is 1.89. The molecule has 0 amide bonds. The van der Waals surface area contributed by atoms with Gasteiger partial charge in [-0.3, -0.25) is 4.98 Å². The molecule has 0 aliphatic heterocycles. The summed E-state index contributed by atoms with van der Waals surface area (Å²) in [5.41, 5.74) is 0.544. The van der Waals surface area contributed by atoms with Gasteiger partial charge in [-0.15, -0.1) is 11.8 Å². The average molecular weight is 171 g/mol. The second-order valence-electron chi connectivity index (χ2n) is 2.16. The van der Waals surface area contributed by atoms with E-state index in [2.05, 4.69) is 4.98 Å². The molecule has 0 saturated carbocycles. The minimum absolute atomic E-state index is 0.195. The number of hydrogen-bond acceptors (Lipinski definition) is 2. The van der Waals surface area contributed by atoms with Crippen LogP contribution in [0.4, 0.5) is 4.39 Å². The highest BCUT2D eigenvalue weighted by Gasteiger charge is 2.01. The van der Waals surface area contributed by atoms with Crippen molar-refractivity contribution in [2.75, 3.05) is 6.26 Å². The van der Waals surface area contributed by atoms with Crippen molar-refractivity contribution in [3.63, 3.8) is 0 Å². The summed E-state index contributed by atoms with van der Waals surface area (Å²) in [6, 6.07) is 1.52. The maximum absolute atomic E-state index is 13.0. The third-order valence-electron chi connectivity index (χ3n) is 1.46.